The molecule has 0 spiro atoms. The largest absolute Gasteiger partial charge is 0.366 e. The Bertz CT molecular complexity index is 1450. The molecule has 10 nitrogen and oxygen atoms in total. The van der Waals surface area contributed by atoms with Crippen molar-refractivity contribution in [3.05, 3.63) is 53.0 Å². The topological polar surface area (TPSA) is 140 Å². The molecular formula is C25H30N6O4S. The zero-order valence-corrected chi connectivity index (χ0v) is 21.2. The predicted molar refractivity (Wildman–Crippen MR) is 136 cm³/mol. The van der Waals surface area contributed by atoms with Crippen molar-refractivity contribution in [3.63, 3.8) is 0 Å². The second-order valence-corrected chi connectivity index (χ2v) is 11.9. The molecule has 0 atom stereocenters. The number of benzene rings is 1. The van der Waals surface area contributed by atoms with E-state index in [1.54, 1.807) is 28.6 Å². The van der Waals surface area contributed by atoms with Crippen molar-refractivity contribution in [1.29, 1.82) is 0 Å². The number of para-hydroxylation sites is 1. The molecule has 2 aliphatic rings. The molecule has 1 aliphatic heterocycles. The van der Waals surface area contributed by atoms with Crippen LogP contribution in [0.15, 0.2) is 30.3 Å². The third-order valence-corrected chi connectivity index (χ3v) is 9.54. The first kappa shape index (κ1) is 24.4. The number of rotatable bonds is 7. The van der Waals surface area contributed by atoms with Crippen molar-refractivity contribution >= 4 is 38.4 Å². The van der Waals surface area contributed by atoms with E-state index in [0.29, 0.717) is 47.8 Å². The van der Waals surface area contributed by atoms with Gasteiger partial charge in [0.1, 0.15) is 5.69 Å². The van der Waals surface area contributed by atoms with Crippen LogP contribution in [0, 0.1) is 19.8 Å². The summed E-state index contributed by atoms with van der Waals surface area (Å²) in [6.07, 6.45) is 3.12. The van der Waals surface area contributed by atoms with Gasteiger partial charge < -0.3 is 11.1 Å². The first-order valence-corrected chi connectivity index (χ1v) is 13.7. The minimum Gasteiger partial charge on any atom is -0.366 e. The number of primary amides is 1. The number of aryl methyl sites for hydroxylation is 1. The molecule has 2 amide bonds. The van der Waals surface area contributed by atoms with E-state index in [-0.39, 0.29) is 16.5 Å². The van der Waals surface area contributed by atoms with Gasteiger partial charge in [0.25, 0.3) is 5.91 Å². The Morgan fingerprint density at radius 1 is 1.11 bits per heavy atom. The van der Waals surface area contributed by atoms with E-state index in [0.717, 1.165) is 31.4 Å². The molecule has 0 radical (unpaired) electrons. The lowest BCUT2D eigenvalue weighted by Gasteiger charge is -2.31. The van der Waals surface area contributed by atoms with Gasteiger partial charge in [-0.2, -0.15) is 5.10 Å². The maximum atomic E-state index is 13.1. The SMILES string of the molecule is Cc1nn(CC2CCN(S(=O)(=O)C3CC3)CC2)c(C)c1NC(=O)c1cc(C(N)=O)c2ccccc2n1. The van der Waals surface area contributed by atoms with Crippen molar-refractivity contribution in [3.8, 4) is 0 Å². The minimum absolute atomic E-state index is 0.0956. The highest BCUT2D eigenvalue weighted by molar-refractivity contribution is 7.90. The predicted octanol–water partition coefficient (Wildman–Crippen LogP) is 2.60. The fourth-order valence-electron chi connectivity index (χ4n) is 4.90. The number of hydrogen-bond donors (Lipinski definition) is 2. The lowest BCUT2D eigenvalue weighted by Crippen LogP contribution is -2.41. The zero-order valence-electron chi connectivity index (χ0n) is 20.4. The summed E-state index contributed by atoms with van der Waals surface area (Å²) in [4.78, 5) is 29.5. The second-order valence-electron chi connectivity index (χ2n) is 9.71. The number of hydrogen-bond acceptors (Lipinski definition) is 6. The normalized spacial score (nSPS) is 17.4. The van der Waals surface area contributed by atoms with E-state index < -0.39 is 21.8 Å². The number of amides is 2. The molecule has 0 unspecified atom stereocenters. The number of carbonyl (C=O) groups is 2. The number of nitrogens with one attached hydrogen (secondary N) is 1. The number of nitrogens with zero attached hydrogens (tertiary/aromatic N) is 4. The van der Waals surface area contributed by atoms with Crippen molar-refractivity contribution in [2.45, 2.75) is 51.3 Å². The fourth-order valence-corrected chi connectivity index (χ4v) is 6.77. The van der Waals surface area contributed by atoms with Crippen LogP contribution >= 0.6 is 0 Å². The number of nitrogens with two attached hydrogens (primary N) is 1. The van der Waals surface area contributed by atoms with Crippen LogP contribution in [0.4, 0.5) is 5.69 Å². The molecule has 3 N–H and O–H groups in total. The molecule has 1 aromatic carbocycles. The van der Waals surface area contributed by atoms with Crippen LogP contribution in [0.5, 0.6) is 0 Å². The van der Waals surface area contributed by atoms with E-state index in [2.05, 4.69) is 15.4 Å². The van der Waals surface area contributed by atoms with Crippen LogP contribution in [-0.4, -0.2) is 57.6 Å². The summed E-state index contributed by atoms with van der Waals surface area (Å²) < 4.78 is 28.5. The van der Waals surface area contributed by atoms with Crippen LogP contribution in [0.2, 0.25) is 0 Å². The fraction of sp³-hybridized carbons (Fsp3) is 0.440. The van der Waals surface area contributed by atoms with Gasteiger partial charge in [0.2, 0.25) is 15.9 Å². The van der Waals surface area contributed by atoms with Gasteiger partial charge in [-0.25, -0.2) is 17.7 Å². The van der Waals surface area contributed by atoms with E-state index in [4.69, 9.17) is 5.73 Å². The number of pyridine rings is 1. The maximum absolute atomic E-state index is 13.1. The average Bonchev–Trinajstić information content (AvgIpc) is 3.69. The lowest BCUT2D eigenvalue weighted by molar-refractivity contribution is 0.100. The Labute approximate surface area is 209 Å². The first-order chi connectivity index (χ1) is 17.1. The van der Waals surface area contributed by atoms with E-state index in [1.807, 2.05) is 18.5 Å². The van der Waals surface area contributed by atoms with Crippen molar-refractivity contribution in [1.82, 2.24) is 19.1 Å². The number of carbonyl (C=O) groups excluding carboxylic acids is 2. The van der Waals surface area contributed by atoms with Crippen LogP contribution in [-0.2, 0) is 16.6 Å². The summed E-state index contributed by atoms with van der Waals surface area (Å²) in [5.74, 6) is -0.774. The van der Waals surface area contributed by atoms with Crippen molar-refractivity contribution in [2.75, 3.05) is 18.4 Å². The van der Waals surface area contributed by atoms with Crippen LogP contribution < -0.4 is 11.1 Å². The van der Waals surface area contributed by atoms with E-state index >= 15 is 0 Å². The molecule has 1 saturated carbocycles. The van der Waals surface area contributed by atoms with Gasteiger partial charge in [-0.3, -0.25) is 14.3 Å². The number of aromatic nitrogens is 3. The van der Waals surface area contributed by atoms with Gasteiger partial charge >= 0.3 is 0 Å². The third-order valence-electron chi connectivity index (χ3n) is 7.14. The lowest BCUT2D eigenvalue weighted by atomic mass is 9.98. The molecule has 2 aromatic heterocycles. The Hall–Kier alpha value is -3.31. The standard InChI is InChI=1S/C25H30N6O4S/c1-15-23(28-25(33)22-13-20(24(26)32)19-5-3-4-6-21(19)27-22)16(2)31(29-15)14-17-9-11-30(12-10-17)36(34,35)18-7-8-18/h3-6,13,17-18H,7-12,14H2,1-2H3,(H2,26,32)(H,28,33). The van der Waals surface area contributed by atoms with Gasteiger partial charge in [0.05, 0.1) is 33.4 Å². The quantitative estimate of drug-likeness (QED) is 0.501. The summed E-state index contributed by atoms with van der Waals surface area (Å²) in [5, 5.41) is 7.95. The number of piperidine rings is 1. The summed E-state index contributed by atoms with van der Waals surface area (Å²) in [6, 6.07) is 8.46. The molecular weight excluding hydrogens is 480 g/mol. The van der Waals surface area contributed by atoms with Crippen LogP contribution in [0.1, 0.15) is 57.9 Å². The molecule has 11 heteroatoms. The number of anilines is 1. The van der Waals surface area contributed by atoms with Crippen LogP contribution in [0.25, 0.3) is 10.9 Å². The zero-order chi connectivity index (χ0) is 25.6. The summed E-state index contributed by atoms with van der Waals surface area (Å²) in [5.41, 5.74) is 8.48. The Morgan fingerprint density at radius 3 is 2.47 bits per heavy atom. The minimum atomic E-state index is -3.13. The molecule has 0 bridgehead atoms. The summed E-state index contributed by atoms with van der Waals surface area (Å²) in [6.45, 7) is 5.46. The first-order valence-electron chi connectivity index (χ1n) is 12.2. The molecule has 3 aromatic rings. The highest BCUT2D eigenvalue weighted by Gasteiger charge is 2.41. The average molecular weight is 511 g/mol. The van der Waals surface area contributed by atoms with Crippen molar-refractivity contribution < 1.29 is 18.0 Å². The van der Waals surface area contributed by atoms with Crippen LogP contribution in [0.3, 0.4) is 0 Å². The monoisotopic (exact) mass is 510 g/mol. The molecule has 2 fully saturated rings. The third kappa shape index (κ3) is 4.60. The molecule has 1 saturated heterocycles. The second kappa shape index (κ2) is 9.29. The van der Waals surface area contributed by atoms with Gasteiger partial charge in [0.15, 0.2) is 0 Å². The number of sulfonamides is 1. The van der Waals surface area contributed by atoms with Gasteiger partial charge in [-0.1, -0.05) is 18.2 Å². The molecule has 190 valence electrons. The molecule has 3 heterocycles. The molecule has 5 rings (SSSR count). The summed E-state index contributed by atoms with van der Waals surface area (Å²) >= 11 is 0. The number of fused-ring (bicyclic) bond motifs is 1. The Balaban J connectivity index is 1.30. The molecule has 36 heavy (non-hydrogen) atoms. The van der Waals surface area contributed by atoms with Gasteiger partial charge in [0, 0.05) is 25.0 Å². The van der Waals surface area contributed by atoms with Crippen molar-refractivity contribution in [2.24, 2.45) is 11.7 Å². The highest BCUT2D eigenvalue weighted by atomic mass is 32.2. The maximum Gasteiger partial charge on any atom is 0.274 e. The molecule has 1 aliphatic carbocycles. The Morgan fingerprint density at radius 2 is 1.81 bits per heavy atom. The highest BCUT2D eigenvalue weighted by Crippen LogP contribution is 2.33. The summed E-state index contributed by atoms with van der Waals surface area (Å²) in [7, 11) is -3.13. The van der Waals surface area contributed by atoms with E-state index in [1.165, 1.54) is 6.07 Å². The smallest absolute Gasteiger partial charge is 0.274 e. The van der Waals surface area contributed by atoms with Gasteiger partial charge in [-0.15, -0.1) is 0 Å². The van der Waals surface area contributed by atoms with E-state index in [9.17, 15) is 18.0 Å². The Kier molecular flexibility index (Phi) is 6.29. The van der Waals surface area contributed by atoms with Gasteiger partial charge in [-0.05, 0) is 57.6 Å².